The van der Waals surface area contributed by atoms with Gasteiger partial charge in [-0.1, -0.05) is 42.9 Å². The summed E-state index contributed by atoms with van der Waals surface area (Å²) in [5, 5.41) is 8.55. The number of aliphatic carboxylic acids is 1. The molecule has 0 radical (unpaired) electrons. The molecule has 11 heavy (non-hydrogen) atoms. The molecule has 0 aromatic rings. The van der Waals surface area contributed by atoms with E-state index in [4.69, 9.17) is 5.11 Å². The number of carboxylic acid groups (broad SMARTS) is 1. The van der Waals surface area contributed by atoms with E-state index < -0.39 is 5.97 Å². The van der Waals surface area contributed by atoms with Gasteiger partial charge in [0.15, 0.2) is 0 Å². The van der Waals surface area contributed by atoms with E-state index in [2.05, 4.69) is 29.5 Å². The molecule has 0 aromatic carbocycles. The summed E-state index contributed by atoms with van der Waals surface area (Å²) in [7, 11) is 0. The fourth-order valence-corrected chi connectivity index (χ4v) is 1.27. The molecule has 3 heteroatoms. The molecule has 0 rings (SSSR count). The number of carbonyl (C=O) groups is 1. The Morgan fingerprint density at radius 2 is 2.00 bits per heavy atom. The minimum absolute atomic E-state index is 0.176. The molecule has 0 saturated carbocycles. The van der Waals surface area contributed by atoms with Gasteiger partial charge in [-0.25, -0.2) is 0 Å². The van der Waals surface area contributed by atoms with Crippen LogP contribution in [-0.2, 0) is 4.79 Å². The Kier molecular flexibility index (Phi) is 5.91. The van der Waals surface area contributed by atoms with Crippen LogP contribution in [0.1, 0.15) is 33.1 Å². The maximum atomic E-state index is 10.4. The van der Waals surface area contributed by atoms with Crippen LogP contribution >= 0.6 is 22.6 Å². The fraction of sp³-hybridized carbons (Fsp3) is 0.875. The average molecular weight is 270 g/mol. The van der Waals surface area contributed by atoms with Crippen LogP contribution in [0, 0.1) is 5.92 Å². The van der Waals surface area contributed by atoms with Gasteiger partial charge < -0.3 is 5.11 Å². The molecule has 2 nitrogen and oxygen atoms in total. The third-order valence-corrected chi connectivity index (χ3v) is 2.28. The molecule has 2 unspecified atom stereocenters. The van der Waals surface area contributed by atoms with E-state index in [-0.39, 0.29) is 5.92 Å². The smallest absolute Gasteiger partial charge is 0.306 e. The molecule has 0 aliphatic rings. The summed E-state index contributed by atoms with van der Waals surface area (Å²) in [5.41, 5.74) is 0. The first kappa shape index (κ1) is 11.2. The lowest BCUT2D eigenvalue weighted by atomic mass is 10.0. The van der Waals surface area contributed by atoms with Crippen molar-refractivity contribution in [1.82, 2.24) is 0 Å². The largest absolute Gasteiger partial charge is 0.481 e. The van der Waals surface area contributed by atoms with Crippen LogP contribution in [0.15, 0.2) is 0 Å². The number of hydrogen-bond acceptors (Lipinski definition) is 1. The Hall–Kier alpha value is 0.200. The van der Waals surface area contributed by atoms with Crippen molar-refractivity contribution >= 4 is 28.6 Å². The molecule has 0 fully saturated rings. The van der Waals surface area contributed by atoms with Gasteiger partial charge >= 0.3 is 5.97 Å². The molecule has 0 saturated heterocycles. The zero-order chi connectivity index (χ0) is 8.85. The van der Waals surface area contributed by atoms with Crippen molar-refractivity contribution in [3.8, 4) is 0 Å². The SMILES string of the molecule is CC(I)CCCC(C)C(=O)O. The highest BCUT2D eigenvalue weighted by atomic mass is 127. The third kappa shape index (κ3) is 6.59. The number of rotatable bonds is 5. The molecule has 0 spiro atoms. The van der Waals surface area contributed by atoms with Crippen LogP contribution < -0.4 is 0 Å². The number of carboxylic acids is 1. The predicted molar refractivity (Wildman–Crippen MR) is 54.1 cm³/mol. The third-order valence-electron chi connectivity index (χ3n) is 1.66. The van der Waals surface area contributed by atoms with Crippen LogP contribution in [-0.4, -0.2) is 15.0 Å². The minimum Gasteiger partial charge on any atom is -0.481 e. The van der Waals surface area contributed by atoms with E-state index >= 15 is 0 Å². The van der Waals surface area contributed by atoms with E-state index in [0.717, 1.165) is 19.3 Å². The maximum absolute atomic E-state index is 10.4. The second-order valence-electron chi connectivity index (χ2n) is 2.95. The first-order valence-corrected chi connectivity index (χ1v) is 5.15. The quantitative estimate of drug-likeness (QED) is 0.616. The maximum Gasteiger partial charge on any atom is 0.306 e. The summed E-state index contributed by atoms with van der Waals surface area (Å²) in [5.74, 6) is -0.851. The Labute approximate surface area is 81.5 Å². The van der Waals surface area contributed by atoms with Crippen molar-refractivity contribution in [2.75, 3.05) is 0 Å². The van der Waals surface area contributed by atoms with Gasteiger partial charge in [-0.05, 0) is 12.8 Å². The normalized spacial score (nSPS) is 15.9. The molecular weight excluding hydrogens is 255 g/mol. The zero-order valence-electron chi connectivity index (χ0n) is 7.01. The molecule has 0 aromatic heterocycles. The summed E-state index contributed by atoms with van der Waals surface area (Å²) in [6.07, 6.45) is 2.96. The van der Waals surface area contributed by atoms with Crippen molar-refractivity contribution in [1.29, 1.82) is 0 Å². The van der Waals surface area contributed by atoms with Crippen molar-refractivity contribution in [2.45, 2.75) is 37.0 Å². The molecular formula is C8H15IO2. The first-order chi connectivity index (χ1) is 5.04. The highest BCUT2D eigenvalue weighted by Gasteiger charge is 2.09. The Morgan fingerprint density at radius 3 is 2.36 bits per heavy atom. The lowest BCUT2D eigenvalue weighted by Gasteiger charge is -2.06. The van der Waals surface area contributed by atoms with Crippen LogP contribution in [0.4, 0.5) is 0 Å². The fourth-order valence-electron chi connectivity index (χ4n) is 0.829. The van der Waals surface area contributed by atoms with Gasteiger partial charge in [0, 0.05) is 3.92 Å². The van der Waals surface area contributed by atoms with Gasteiger partial charge in [0.2, 0.25) is 0 Å². The standard InChI is InChI=1S/C8H15IO2/c1-6(8(10)11)4-3-5-7(2)9/h6-7H,3-5H2,1-2H3,(H,10,11). The Bertz CT molecular complexity index is 123. The molecule has 0 bridgehead atoms. The van der Waals surface area contributed by atoms with Crippen LogP contribution in [0.5, 0.6) is 0 Å². The van der Waals surface area contributed by atoms with Crippen LogP contribution in [0.25, 0.3) is 0 Å². The molecule has 0 aliphatic heterocycles. The second-order valence-corrected chi connectivity index (χ2v) is 5.08. The van der Waals surface area contributed by atoms with E-state index in [1.54, 1.807) is 6.92 Å². The molecule has 66 valence electrons. The molecule has 2 atom stereocenters. The number of halogens is 1. The highest BCUT2D eigenvalue weighted by molar-refractivity contribution is 14.1. The summed E-state index contributed by atoms with van der Waals surface area (Å²) >= 11 is 2.36. The summed E-state index contributed by atoms with van der Waals surface area (Å²) < 4.78 is 0.661. The lowest BCUT2D eigenvalue weighted by molar-refractivity contribution is -0.141. The highest BCUT2D eigenvalue weighted by Crippen LogP contribution is 2.13. The van der Waals surface area contributed by atoms with E-state index in [0.29, 0.717) is 3.92 Å². The van der Waals surface area contributed by atoms with E-state index in [9.17, 15) is 4.79 Å². The first-order valence-electron chi connectivity index (χ1n) is 3.91. The van der Waals surface area contributed by atoms with Gasteiger partial charge in [-0.2, -0.15) is 0 Å². The van der Waals surface area contributed by atoms with Crippen LogP contribution in [0.3, 0.4) is 0 Å². The van der Waals surface area contributed by atoms with Crippen LogP contribution in [0.2, 0.25) is 0 Å². The van der Waals surface area contributed by atoms with Crippen molar-refractivity contribution in [3.63, 3.8) is 0 Å². The number of alkyl halides is 1. The Balaban J connectivity index is 3.31. The lowest BCUT2D eigenvalue weighted by Crippen LogP contribution is -2.09. The van der Waals surface area contributed by atoms with Crippen molar-refractivity contribution < 1.29 is 9.90 Å². The second kappa shape index (κ2) is 5.80. The summed E-state index contributed by atoms with van der Waals surface area (Å²) in [4.78, 5) is 10.4. The molecule has 0 aliphatic carbocycles. The predicted octanol–water partition coefficient (Wildman–Crippen LogP) is 2.70. The van der Waals surface area contributed by atoms with Crippen molar-refractivity contribution in [3.05, 3.63) is 0 Å². The zero-order valence-corrected chi connectivity index (χ0v) is 9.17. The molecule has 0 heterocycles. The van der Waals surface area contributed by atoms with Gasteiger partial charge in [0.1, 0.15) is 0 Å². The molecule has 1 N–H and O–H groups in total. The van der Waals surface area contributed by atoms with Gasteiger partial charge in [-0.3, -0.25) is 4.79 Å². The van der Waals surface area contributed by atoms with E-state index in [1.165, 1.54) is 0 Å². The number of hydrogen-bond donors (Lipinski definition) is 1. The molecule has 0 amide bonds. The summed E-state index contributed by atoms with van der Waals surface area (Å²) in [6, 6.07) is 0. The van der Waals surface area contributed by atoms with Gasteiger partial charge in [-0.15, -0.1) is 0 Å². The Morgan fingerprint density at radius 1 is 1.45 bits per heavy atom. The monoisotopic (exact) mass is 270 g/mol. The van der Waals surface area contributed by atoms with Gasteiger partial charge in [0.25, 0.3) is 0 Å². The van der Waals surface area contributed by atoms with Gasteiger partial charge in [0.05, 0.1) is 5.92 Å². The van der Waals surface area contributed by atoms with Crippen molar-refractivity contribution in [2.24, 2.45) is 5.92 Å². The average Bonchev–Trinajstić information content (AvgIpc) is 1.86. The minimum atomic E-state index is -0.675. The topological polar surface area (TPSA) is 37.3 Å². The van der Waals surface area contributed by atoms with E-state index in [1.807, 2.05) is 0 Å². The summed E-state index contributed by atoms with van der Waals surface area (Å²) in [6.45, 7) is 3.91.